The van der Waals surface area contributed by atoms with Gasteiger partial charge in [-0.15, -0.1) is 0 Å². The van der Waals surface area contributed by atoms with E-state index in [2.05, 4.69) is 41.1 Å². The SMILES string of the molecule is Cc1cccc(OCC(=O)N/N=C\c2cn(C(C)C)c3ccccc23)c1. The number of para-hydroxylation sites is 1. The topological polar surface area (TPSA) is 55.6 Å². The van der Waals surface area contributed by atoms with E-state index in [1.54, 1.807) is 6.21 Å². The fourth-order valence-electron chi connectivity index (χ4n) is 2.82. The predicted molar refractivity (Wildman–Crippen MR) is 105 cm³/mol. The number of benzene rings is 2. The Labute approximate surface area is 153 Å². The Bertz CT molecular complexity index is 941. The van der Waals surface area contributed by atoms with Crippen molar-refractivity contribution in [3.8, 4) is 5.75 Å². The fraction of sp³-hybridized carbons (Fsp3) is 0.238. The number of nitrogens with zero attached hydrogens (tertiary/aromatic N) is 2. The van der Waals surface area contributed by atoms with E-state index in [1.165, 1.54) is 0 Å². The van der Waals surface area contributed by atoms with Gasteiger partial charge in [-0.25, -0.2) is 5.43 Å². The number of nitrogens with one attached hydrogen (secondary N) is 1. The van der Waals surface area contributed by atoms with Gasteiger partial charge in [0.1, 0.15) is 5.75 Å². The van der Waals surface area contributed by atoms with Crippen LogP contribution in [0.1, 0.15) is 31.0 Å². The molecular weight excluding hydrogens is 326 g/mol. The first-order valence-electron chi connectivity index (χ1n) is 8.65. The van der Waals surface area contributed by atoms with Gasteiger partial charge < -0.3 is 9.30 Å². The second-order valence-electron chi connectivity index (χ2n) is 6.50. The van der Waals surface area contributed by atoms with Crippen LogP contribution in [0.25, 0.3) is 10.9 Å². The molecule has 0 bridgehead atoms. The molecule has 134 valence electrons. The minimum absolute atomic E-state index is 0.0749. The molecule has 5 nitrogen and oxygen atoms in total. The summed E-state index contributed by atoms with van der Waals surface area (Å²) in [4.78, 5) is 11.9. The van der Waals surface area contributed by atoms with Crippen LogP contribution in [-0.2, 0) is 4.79 Å². The highest BCUT2D eigenvalue weighted by molar-refractivity contribution is 5.99. The number of carbonyl (C=O) groups is 1. The summed E-state index contributed by atoms with van der Waals surface area (Å²) in [5.41, 5.74) is 5.72. The van der Waals surface area contributed by atoms with Gasteiger partial charge in [0.25, 0.3) is 5.91 Å². The normalized spacial score (nSPS) is 11.4. The van der Waals surface area contributed by atoms with E-state index in [1.807, 2.05) is 49.5 Å². The molecule has 0 aliphatic rings. The van der Waals surface area contributed by atoms with E-state index in [9.17, 15) is 4.79 Å². The summed E-state index contributed by atoms with van der Waals surface area (Å²) in [6.45, 7) is 6.18. The Hall–Kier alpha value is -3.08. The molecule has 0 aliphatic heterocycles. The number of aryl methyl sites for hydroxylation is 1. The number of fused-ring (bicyclic) bond motifs is 1. The summed E-state index contributed by atoms with van der Waals surface area (Å²) in [5, 5.41) is 5.18. The van der Waals surface area contributed by atoms with Crippen molar-refractivity contribution in [2.75, 3.05) is 6.61 Å². The molecule has 0 saturated heterocycles. The van der Waals surface area contributed by atoms with Crippen molar-refractivity contribution in [2.45, 2.75) is 26.8 Å². The first kappa shape index (κ1) is 17.7. The third kappa shape index (κ3) is 4.11. The van der Waals surface area contributed by atoms with Crippen LogP contribution >= 0.6 is 0 Å². The lowest BCUT2D eigenvalue weighted by atomic mass is 10.2. The molecule has 0 fully saturated rings. The average molecular weight is 349 g/mol. The molecule has 1 amide bonds. The summed E-state index contributed by atoms with van der Waals surface area (Å²) >= 11 is 0. The van der Waals surface area contributed by atoms with Crippen molar-refractivity contribution in [1.82, 2.24) is 9.99 Å². The average Bonchev–Trinajstić information content (AvgIpc) is 2.99. The molecule has 0 atom stereocenters. The Balaban J connectivity index is 1.63. The van der Waals surface area contributed by atoms with Gasteiger partial charge in [-0.2, -0.15) is 5.10 Å². The molecule has 0 unspecified atom stereocenters. The Morgan fingerprint density at radius 1 is 1.23 bits per heavy atom. The van der Waals surface area contributed by atoms with E-state index in [0.717, 1.165) is 22.0 Å². The molecule has 5 heteroatoms. The second kappa shape index (κ2) is 7.87. The standard InChI is InChI=1S/C21H23N3O2/c1-15(2)24-13-17(19-9-4-5-10-20(19)24)12-22-23-21(25)14-26-18-8-6-7-16(3)11-18/h4-13,15H,14H2,1-3H3,(H,23,25)/b22-12-. The zero-order valence-electron chi connectivity index (χ0n) is 15.3. The van der Waals surface area contributed by atoms with Crippen molar-refractivity contribution < 1.29 is 9.53 Å². The fourth-order valence-corrected chi connectivity index (χ4v) is 2.82. The van der Waals surface area contributed by atoms with Crippen molar-refractivity contribution in [1.29, 1.82) is 0 Å². The van der Waals surface area contributed by atoms with Gasteiger partial charge >= 0.3 is 0 Å². The number of rotatable bonds is 6. The summed E-state index contributed by atoms with van der Waals surface area (Å²) < 4.78 is 7.66. The third-order valence-corrected chi connectivity index (χ3v) is 4.08. The van der Waals surface area contributed by atoms with Crippen molar-refractivity contribution in [3.63, 3.8) is 0 Å². The van der Waals surface area contributed by atoms with E-state index in [-0.39, 0.29) is 12.5 Å². The summed E-state index contributed by atoms with van der Waals surface area (Å²) in [6.07, 6.45) is 3.72. The minimum Gasteiger partial charge on any atom is -0.484 e. The van der Waals surface area contributed by atoms with Gasteiger partial charge in [0.05, 0.1) is 6.21 Å². The lowest BCUT2D eigenvalue weighted by Crippen LogP contribution is -2.24. The molecule has 0 radical (unpaired) electrons. The Morgan fingerprint density at radius 3 is 2.81 bits per heavy atom. The largest absolute Gasteiger partial charge is 0.484 e. The highest BCUT2D eigenvalue weighted by Crippen LogP contribution is 2.23. The number of hydrogen-bond acceptors (Lipinski definition) is 3. The molecule has 1 heterocycles. The smallest absolute Gasteiger partial charge is 0.277 e. The van der Waals surface area contributed by atoms with Crippen molar-refractivity contribution >= 4 is 23.0 Å². The van der Waals surface area contributed by atoms with Crippen LogP contribution < -0.4 is 10.2 Å². The molecule has 2 aromatic carbocycles. The van der Waals surface area contributed by atoms with Gasteiger partial charge in [-0.1, -0.05) is 30.3 Å². The highest BCUT2D eigenvalue weighted by Gasteiger charge is 2.08. The molecule has 3 rings (SSSR count). The Kier molecular flexibility index (Phi) is 5.37. The number of hydrazone groups is 1. The van der Waals surface area contributed by atoms with Gasteiger partial charge in [-0.3, -0.25) is 4.79 Å². The van der Waals surface area contributed by atoms with Gasteiger partial charge in [0.15, 0.2) is 6.61 Å². The molecule has 0 saturated carbocycles. The molecule has 1 N–H and O–H groups in total. The molecule has 3 aromatic rings. The first-order chi connectivity index (χ1) is 12.5. The lowest BCUT2D eigenvalue weighted by molar-refractivity contribution is -0.123. The van der Waals surface area contributed by atoms with Crippen molar-refractivity contribution in [2.24, 2.45) is 5.10 Å². The maximum atomic E-state index is 11.9. The number of aromatic nitrogens is 1. The van der Waals surface area contributed by atoms with Crippen LogP contribution in [0, 0.1) is 6.92 Å². The van der Waals surface area contributed by atoms with E-state index in [0.29, 0.717) is 11.8 Å². The lowest BCUT2D eigenvalue weighted by Gasteiger charge is -2.08. The molecule has 0 spiro atoms. The maximum absolute atomic E-state index is 11.9. The summed E-state index contributed by atoms with van der Waals surface area (Å²) in [7, 11) is 0. The zero-order valence-corrected chi connectivity index (χ0v) is 15.3. The monoisotopic (exact) mass is 349 g/mol. The third-order valence-electron chi connectivity index (χ3n) is 4.08. The molecular formula is C21H23N3O2. The summed E-state index contributed by atoms with van der Waals surface area (Å²) in [6, 6.07) is 16.1. The van der Waals surface area contributed by atoms with Crippen LogP contribution in [0.5, 0.6) is 5.75 Å². The zero-order chi connectivity index (χ0) is 18.5. The number of ether oxygens (including phenoxy) is 1. The number of carbonyl (C=O) groups excluding carboxylic acids is 1. The van der Waals surface area contributed by atoms with Crippen LogP contribution in [0.3, 0.4) is 0 Å². The van der Waals surface area contributed by atoms with Gasteiger partial charge in [0, 0.05) is 28.7 Å². The van der Waals surface area contributed by atoms with Crippen LogP contribution in [0.4, 0.5) is 0 Å². The summed E-state index contributed by atoms with van der Waals surface area (Å²) in [5.74, 6) is 0.375. The van der Waals surface area contributed by atoms with E-state index >= 15 is 0 Å². The molecule has 0 aliphatic carbocycles. The number of amides is 1. The first-order valence-corrected chi connectivity index (χ1v) is 8.65. The van der Waals surface area contributed by atoms with E-state index < -0.39 is 0 Å². The second-order valence-corrected chi connectivity index (χ2v) is 6.50. The molecule has 1 aromatic heterocycles. The van der Waals surface area contributed by atoms with Crippen LogP contribution in [0.2, 0.25) is 0 Å². The Morgan fingerprint density at radius 2 is 2.04 bits per heavy atom. The minimum atomic E-state index is -0.296. The van der Waals surface area contributed by atoms with Crippen LogP contribution in [-0.4, -0.2) is 23.3 Å². The van der Waals surface area contributed by atoms with Crippen molar-refractivity contribution in [3.05, 3.63) is 65.9 Å². The molecule has 26 heavy (non-hydrogen) atoms. The van der Waals surface area contributed by atoms with Crippen LogP contribution in [0.15, 0.2) is 59.8 Å². The predicted octanol–water partition coefficient (Wildman–Crippen LogP) is 4.06. The van der Waals surface area contributed by atoms with Gasteiger partial charge in [0.2, 0.25) is 0 Å². The quantitative estimate of drug-likeness (QED) is 0.539. The maximum Gasteiger partial charge on any atom is 0.277 e. The van der Waals surface area contributed by atoms with E-state index in [4.69, 9.17) is 4.74 Å². The number of hydrogen-bond donors (Lipinski definition) is 1. The highest BCUT2D eigenvalue weighted by atomic mass is 16.5. The van der Waals surface area contributed by atoms with Gasteiger partial charge in [-0.05, 0) is 44.5 Å².